The molecule has 3 rings (SSSR count). The third-order valence-corrected chi connectivity index (χ3v) is 4.47. The lowest BCUT2D eigenvalue weighted by Gasteiger charge is -2.36. The molecule has 0 saturated heterocycles. The van der Waals surface area contributed by atoms with Gasteiger partial charge in [-0.3, -0.25) is 0 Å². The molecule has 0 aliphatic heterocycles. The van der Waals surface area contributed by atoms with Gasteiger partial charge in [-0.2, -0.15) is 0 Å². The third-order valence-electron chi connectivity index (χ3n) is 4.47. The number of benzene rings is 2. The predicted molar refractivity (Wildman–Crippen MR) is 82.8 cm³/mol. The molecule has 0 fully saturated rings. The van der Waals surface area contributed by atoms with Crippen molar-refractivity contribution >= 4 is 16.7 Å². The van der Waals surface area contributed by atoms with Crippen molar-refractivity contribution in [2.45, 2.75) is 25.7 Å². The van der Waals surface area contributed by atoms with Crippen LogP contribution in [-0.2, 0) is 10.2 Å². The number of allylic oxidation sites excluding steroid dienone is 3. The van der Waals surface area contributed by atoms with Crippen molar-refractivity contribution in [2.75, 3.05) is 0 Å². The lowest BCUT2D eigenvalue weighted by molar-refractivity contribution is -0.311. The standard InChI is InChI=1S/C19H18O2/c1-13-10-11-19(18(20)21,12-14(13)2)17-9-5-7-15-6-3-4-8-16(15)17/h3-11H,12H2,1-2H3,(H,20,21)/p-1. The molecule has 21 heavy (non-hydrogen) atoms. The fraction of sp³-hybridized carbons (Fsp3) is 0.211. The summed E-state index contributed by atoms with van der Waals surface area (Å²) < 4.78 is 0. The van der Waals surface area contributed by atoms with Gasteiger partial charge in [-0.25, -0.2) is 0 Å². The molecular formula is C19H17O2-. The van der Waals surface area contributed by atoms with E-state index in [0.717, 1.165) is 27.5 Å². The molecule has 0 aromatic heterocycles. The number of carboxylic acids is 1. The lowest BCUT2D eigenvalue weighted by Crippen LogP contribution is -2.45. The van der Waals surface area contributed by atoms with Crippen molar-refractivity contribution in [3.8, 4) is 0 Å². The molecule has 106 valence electrons. The summed E-state index contributed by atoms with van der Waals surface area (Å²) in [6.07, 6.45) is 4.15. The second kappa shape index (κ2) is 4.88. The van der Waals surface area contributed by atoms with Crippen molar-refractivity contribution in [3.05, 3.63) is 71.3 Å². The van der Waals surface area contributed by atoms with Gasteiger partial charge >= 0.3 is 0 Å². The normalized spacial score (nSPS) is 21.8. The number of carbonyl (C=O) groups excluding carboxylic acids is 1. The van der Waals surface area contributed by atoms with Crippen LogP contribution in [0.5, 0.6) is 0 Å². The largest absolute Gasteiger partial charge is 0.549 e. The Kier molecular flexibility index (Phi) is 3.17. The predicted octanol–water partition coefficient (Wildman–Crippen LogP) is 3.12. The number of fused-ring (bicyclic) bond motifs is 1. The molecule has 0 amide bonds. The van der Waals surface area contributed by atoms with Gasteiger partial charge in [0.1, 0.15) is 0 Å². The monoisotopic (exact) mass is 277 g/mol. The van der Waals surface area contributed by atoms with Crippen LogP contribution < -0.4 is 5.11 Å². The summed E-state index contributed by atoms with van der Waals surface area (Å²) >= 11 is 0. The number of carboxylic acid groups (broad SMARTS) is 1. The highest BCUT2D eigenvalue weighted by Gasteiger charge is 2.35. The number of carbonyl (C=O) groups is 1. The van der Waals surface area contributed by atoms with Gasteiger partial charge in [-0.05, 0) is 36.6 Å². The van der Waals surface area contributed by atoms with Crippen LogP contribution in [0.1, 0.15) is 25.8 Å². The molecule has 0 N–H and O–H groups in total. The molecule has 2 aromatic carbocycles. The second-order valence-corrected chi connectivity index (χ2v) is 5.76. The van der Waals surface area contributed by atoms with Crippen molar-refractivity contribution < 1.29 is 9.90 Å². The molecule has 0 bridgehead atoms. The van der Waals surface area contributed by atoms with Gasteiger partial charge in [-0.1, -0.05) is 65.8 Å². The quantitative estimate of drug-likeness (QED) is 0.846. The summed E-state index contributed by atoms with van der Waals surface area (Å²) in [4.78, 5) is 12.0. The van der Waals surface area contributed by atoms with Gasteiger partial charge in [0.25, 0.3) is 0 Å². The van der Waals surface area contributed by atoms with Gasteiger partial charge in [0.15, 0.2) is 0 Å². The number of hydrogen-bond donors (Lipinski definition) is 0. The average molecular weight is 277 g/mol. The maximum atomic E-state index is 12.0. The molecule has 1 aliphatic carbocycles. The Labute approximate surface area is 124 Å². The van der Waals surface area contributed by atoms with Crippen LogP contribution in [0.25, 0.3) is 10.8 Å². The highest BCUT2D eigenvalue weighted by Crippen LogP contribution is 2.40. The van der Waals surface area contributed by atoms with E-state index in [9.17, 15) is 9.90 Å². The van der Waals surface area contributed by atoms with E-state index in [2.05, 4.69) is 0 Å². The highest BCUT2D eigenvalue weighted by atomic mass is 16.4. The summed E-state index contributed by atoms with van der Waals surface area (Å²) in [7, 11) is 0. The molecule has 1 aliphatic rings. The first-order valence-corrected chi connectivity index (χ1v) is 7.10. The summed E-state index contributed by atoms with van der Waals surface area (Å²) in [5, 5.41) is 14.0. The first-order valence-electron chi connectivity index (χ1n) is 7.10. The zero-order valence-electron chi connectivity index (χ0n) is 12.2. The van der Waals surface area contributed by atoms with Crippen LogP contribution in [-0.4, -0.2) is 5.97 Å². The van der Waals surface area contributed by atoms with Crippen molar-refractivity contribution in [3.63, 3.8) is 0 Å². The van der Waals surface area contributed by atoms with E-state index in [4.69, 9.17) is 0 Å². The average Bonchev–Trinajstić information content (AvgIpc) is 2.49. The Morgan fingerprint density at radius 1 is 1.10 bits per heavy atom. The first kappa shape index (κ1) is 13.6. The fourth-order valence-electron chi connectivity index (χ4n) is 3.08. The first-order chi connectivity index (χ1) is 10.0. The van der Waals surface area contributed by atoms with E-state index in [1.54, 1.807) is 6.08 Å². The van der Waals surface area contributed by atoms with E-state index in [-0.39, 0.29) is 0 Å². The summed E-state index contributed by atoms with van der Waals surface area (Å²) in [5.74, 6) is -1.04. The van der Waals surface area contributed by atoms with Crippen LogP contribution in [0.4, 0.5) is 0 Å². The van der Waals surface area contributed by atoms with Crippen LogP contribution in [0.2, 0.25) is 0 Å². The van der Waals surface area contributed by atoms with Crippen LogP contribution in [0.3, 0.4) is 0 Å². The third kappa shape index (κ3) is 2.07. The molecule has 0 saturated carbocycles. The number of rotatable bonds is 2. The van der Waals surface area contributed by atoms with E-state index in [0.29, 0.717) is 6.42 Å². The highest BCUT2D eigenvalue weighted by molar-refractivity contribution is 5.94. The zero-order chi connectivity index (χ0) is 15.0. The van der Waals surface area contributed by atoms with Gasteiger partial charge in [0.05, 0.1) is 11.4 Å². The number of aliphatic carboxylic acids is 1. The van der Waals surface area contributed by atoms with Gasteiger partial charge in [0, 0.05) is 0 Å². The molecule has 0 spiro atoms. The van der Waals surface area contributed by atoms with Crippen LogP contribution >= 0.6 is 0 Å². The molecule has 0 heterocycles. The van der Waals surface area contributed by atoms with Crippen LogP contribution in [0, 0.1) is 0 Å². The molecule has 1 unspecified atom stereocenters. The van der Waals surface area contributed by atoms with Crippen molar-refractivity contribution in [1.29, 1.82) is 0 Å². The zero-order valence-corrected chi connectivity index (χ0v) is 12.2. The minimum absolute atomic E-state index is 0.464. The summed E-state index contributed by atoms with van der Waals surface area (Å²) in [6.45, 7) is 4.00. The Bertz CT molecular complexity index is 778. The minimum Gasteiger partial charge on any atom is -0.549 e. The Balaban J connectivity index is 2.28. The van der Waals surface area contributed by atoms with E-state index in [1.807, 2.05) is 62.4 Å². The molecule has 0 radical (unpaired) electrons. The number of hydrogen-bond acceptors (Lipinski definition) is 2. The summed E-state index contributed by atoms with van der Waals surface area (Å²) in [5.41, 5.74) is 1.95. The van der Waals surface area contributed by atoms with Gasteiger partial charge < -0.3 is 9.90 Å². The van der Waals surface area contributed by atoms with E-state index >= 15 is 0 Å². The maximum absolute atomic E-state index is 12.0. The van der Waals surface area contributed by atoms with Crippen molar-refractivity contribution in [2.24, 2.45) is 0 Å². The second-order valence-electron chi connectivity index (χ2n) is 5.76. The van der Waals surface area contributed by atoms with Crippen molar-refractivity contribution in [1.82, 2.24) is 0 Å². The van der Waals surface area contributed by atoms with Crippen LogP contribution in [0.15, 0.2) is 65.8 Å². The van der Waals surface area contributed by atoms with Gasteiger partial charge in [-0.15, -0.1) is 0 Å². The molecular weight excluding hydrogens is 260 g/mol. The van der Waals surface area contributed by atoms with E-state index < -0.39 is 11.4 Å². The Hall–Kier alpha value is -2.35. The maximum Gasteiger partial charge on any atom is 0.0574 e. The van der Waals surface area contributed by atoms with Gasteiger partial charge in [0.2, 0.25) is 0 Å². The summed E-state index contributed by atoms with van der Waals surface area (Å²) in [6, 6.07) is 13.7. The minimum atomic E-state index is -1.08. The molecule has 2 heteroatoms. The topological polar surface area (TPSA) is 40.1 Å². The SMILES string of the molecule is CC1=C(C)CC(C(=O)[O-])(c2cccc3ccccc23)C=C1. The molecule has 2 aromatic rings. The molecule has 2 nitrogen and oxygen atoms in total. The fourth-order valence-corrected chi connectivity index (χ4v) is 3.08. The van der Waals surface area contributed by atoms with E-state index in [1.165, 1.54) is 0 Å². The Morgan fingerprint density at radius 3 is 2.52 bits per heavy atom. The lowest BCUT2D eigenvalue weighted by atomic mass is 9.70. The molecule has 1 atom stereocenters. The smallest absolute Gasteiger partial charge is 0.0574 e. The Morgan fingerprint density at radius 2 is 1.81 bits per heavy atom.